The topological polar surface area (TPSA) is 107 Å². The maximum absolute atomic E-state index is 6.13. The first-order chi connectivity index (χ1) is 18.2. The first-order valence-corrected chi connectivity index (χ1v) is 14.0. The van der Waals surface area contributed by atoms with Gasteiger partial charge in [0.05, 0.1) is 36.2 Å². The van der Waals surface area contributed by atoms with Crippen LogP contribution in [0.3, 0.4) is 0 Å². The van der Waals surface area contributed by atoms with Crippen LogP contribution in [0, 0.1) is 5.41 Å². The van der Waals surface area contributed by atoms with Crippen LogP contribution in [-0.2, 0) is 4.74 Å². The first kappa shape index (κ1) is 24.4. The van der Waals surface area contributed by atoms with E-state index >= 15 is 0 Å². The van der Waals surface area contributed by atoms with Gasteiger partial charge in [0.25, 0.3) is 0 Å². The number of hydrogen-bond acceptors (Lipinski definition) is 11. The summed E-state index contributed by atoms with van der Waals surface area (Å²) in [6, 6.07) is 2.30. The van der Waals surface area contributed by atoms with E-state index in [-0.39, 0.29) is 12.2 Å². The summed E-state index contributed by atoms with van der Waals surface area (Å²) in [5.74, 6) is 1.18. The molecule has 2 saturated heterocycles. The summed E-state index contributed by atoms with van der Waals surface area (Å²) in [5.41, 5.74) is 1.19. The van der Waals surface area contributed by atoms with E-state index in [9.17, 15) is 0 Å². The minimum atomic E-state index is 0.161. The molecule has 3 fully saturated rings. The van der Waals surface area contributed by atoms with Gasteiger partial charge in [-0.25, -0.2) is 19.9 Å². The summed E-state index contributed by atoms with van der Waals surface area (Å²) in [6.45, 7) is 7.24. The lowest BCUT2D eigenvalue weighted by Crippen LogP contribution is -2.46. The van der Waals surface area contributed by atoms with Crippen LogP contribution in [0.4, 0.5) is 11.1 Å². The molecule has 0 bridgehead atoms. The average Bonchev–Trinajstić information content (AvgIpc) is 3.39. The standard InChI is InChI=1S/C26H33N7O3S/c1-2-33-11-6-19(7-12-33)35-20-13-28-23(29-14-20)32-25-30-15-22(37-25)21-5-10-27-24(31-21)36-18-3-8-26(9-4-18)16-34-17-26/h5,10,13-15,18-19H,2-4,6-9,11-12,16-17H2,1H3,(H,28,29,30,32). The third kappa shape index (κ3) is 5.83. The van der Waals surface area contributed by atoms with Crippen LogP contribution in [0.25, 0.3) is 10.6 Å². The van der Waals surface area contributed by atoms with Crippen molar-refractivity contribution in [1.82, 2.24) is 29.8 Å². The second kappa shape index (κ2) is 10.8. The number of likely N-dealkylation sites (tertiary alicyclic amines) is 1. The number of ether oxygens (including phenoxy) is 3. The Kier molecular flexibility index (Phi) is 7.16. The summed E-state index contributed by atoms with van der Waals surface area (Å²) in [7, 11) is 0. The summed E-state index contributed by atoms with van der Waals surface area (Å²) in [5, 5.41) is 3.87. The number of thiazole rings is 1. The second-order valence-electron chi connectivity index (χ2n) is 10.2. The van der Waals surface area contributed by atoms with Crippen LogP contribution in [0.5, 0.6) is 11.8 Å². The summed E-state index contributed by atoms with van der Waals surface area (Å²) >= 11 is 1.48. The molecule has 6 rings (SSSR count). The molecule has 3 aromatic heterocycles. The van der Waals surface area contributed by atoms with E-state index < -0.39 is 0 Å². The normalized spacial score (nSPS) is 20.5. The molecule has 2 aliphatic heterocycles. The van der Waals surface area contributed by atoms with Gasteiger partial charge in [-0.05, 0) is 51.1 Å². The average molecular weight is 524 g/mol. The minimum absolute atomic E-state index is 0.161. The van der Waals surface area contributed by atoms with Crippen molar-refractivity contribution in [3.63, 3.8) is 0 Å². The highest BCUT2D eigenvalue weighted by Crippen LogP contribution is 2.43. The Balaban J connectivity index is 1.02. The van der Waals surface area contributed by atoms with Crippen LogP contribution in [0.2, 0.25) is 0 Å². The number of piperidine rings is 1. The molecule has 0 atom stereocenters. The smallest absolute Gasteiger partial charge is 0.317 e. The molecule has 0 unspecified atom stereocenters. The molecule has 3 aliphatic rings. The van der Waals surface area contributed by atoms with E-state index in [1.54, 1.807) is 24.8 Å². The minimum Gasteiger partial charge on any atom is -0.487 e. The lowest BCUT2D eigenvalue weighted by atomic mass is 9.72. The summed E-state index contributed by atoms with van der Waals surface area (Å²) in [4.78, 5) is 25.6. The zero-order chi connectivity index (χ0) is 25.1. The fourth-order valence-corrected chi connectivity index (χ4v) is 5.99. The molecule has 0 radical (unpaired) electrons. The van der Waals surface area contributed by atoms with Crippen molar-refractivity contribution < 1.29 is 14.2 Å². The van der Waals surface area contributed by atoms with Crippen molar-refractivity contribution in [3.05, 3.63) is 30.9 Å². The van der Waals surface area contributed by atoms with E-state index in [0.29, 0.717) is 28.3 Å². The SMILES string of the molecule is CCN1CCC(Oc2cnc(Nc3ncc(-c4ccnc(OC5CCC6(CC5)COC6)n4)s3)nc2)CC1. The van der Waals surface area contributed by atoms with Crippen LogP contribution in [0.15, 0.2) is 30.9 Å². The van der Waals surface area contributed by atoms with Gasteiger partial charge in [-0.15, -0.1) is 0 Å². The molecule has 10 nitrogen and oxygen atoms in total. The van der Waals surface area contributed by atoms with Crippen LogP contribution < -0.4 is 14.8 Å². The molecule has 37 heavy (non-hydrogen) atoms. The Bertz CT molecular complexity index is 1170. The van der Waals surface area contributed by atoms with Gasteiger partial charge in [0.2, 0.25) is 5.95 Å². The van der Waals surface area contributed by atoms with Crippen molar-refractivity contribution in [1.29, 1.82) is 0 Å². The van der Waals surface area contributed by atoms with Crippen LogP contribution in [0.1, 0.15) is 45.4 Å². The maximum Gasteiger partial charge on any atom is 0.317 e. The lowest BCUT2D eigenvalue weighted by Gasteiger charge is -2.45. The Hall–Kier alpha value is -2.89. The number of hydrogen-bond donors (Lipinski definition) is 1. The Morgan fingerprint density at radius 2 is 1.76 bits per heavy atom. The van der Waals surface area contributed by atoms with E-state index in [2.05, 4.69) is 42.1 Å². The van der Waals surface area contributed by atoms with Gasteiger partial charge in [-0.2, -0.15) is 4.98 Å². The predicted octanol–water partition coefficient (Wildman–Crippen LogP) is 4.33. The Morgan fingerprint density at radius 1 is 1.00 bits per heavy atom. The molecule has 196 valence electrons. The Morgan fingerprint density at radius 3 is 2.46 bits per heavy atom. The number of rotatable bonds is 8. The second-order valence-corrected chi connectivity index (χ2v) is 11.2. The van der Waals surface area contributed by atoms with Gasteiger partial charge in [0, 0.05) is 30.9 Å². The maximum atomic E-state index is 6.13. The third-order valence-corrected chi connectivity index (χ3v) is 8.54. The van der Waals surface area contributed by atoms with Crippen molar-refractivity contribution in [2.24, 2.45) is 5.41 Å². The number of nitrogens with one attached hydrogen (secondary N) is 1. The van der Waals surface area contributed by atoms with Gasteiger partial charge in [-0.3, -0.25) is 0 Å². The molecule has 0 amide bonds. The van der Waals surface area contributed by atoms with Gasteiger partial charge < -0.3 is 24.4 Å². The molecule has 0 aromatic carbocycles. The number of anilines is 2. The first-order valence-electron chi connectivity index (χ1n) is 13.2. The van der Waals surface area contributed by atoms with Crippen LogP contribution >= 0.6 is 11.3 Å². The fourth-order valence-electron chi connectivity index (χ4n) is 5.21. The van der Waals surface area contributed by atoms with E-state index in [1.807, 2.05) is 6.07 Å². The van der Waals surface area contributed by atoms with E-state index in [0.717, 1.165) is 81.9 Å². The summed E-state index contributed by atoms with van der Waals surface area (Å²) in [6.07, 6.45) is 13.7. The molecule has 5 heterocycles. The number of aromatic nitrogens is 5. The lowest BCUT2D eigenvalue weighted by molar-refractivity contribution is -0.140. The van der Waals surface area contributed by atoms with Gasteiger partial charge in [0.15, 0.2) is 10.9 Å². The molecule has 1 spiro atoms. The molecular weight excluding hydrogens is 490 g/mol. The van der Waals surface area contributed by atoms with Crippen molar-refractivity contribution in [2.45, 2.75) is 57.7 Å². The number of nitrogens with zero attached hydrogens (tertiary/aromatic N) is 6. The quantitative estimate of drug-likeness (QED) is 0.458. The monoisotopic (exact) mass is 523 g/mol. The fraction of sp³-hybridized carbons (Fsp3) is 0.577. The zero-order valence-corrected chi connectivity index (χ0v) is 22.0. The Labute approximate surface area is 220 Å². The van der Waals surface area contributed by atoms with Crippen molar-refractivity contribution in [3.8, 4) is 22.3 Å². The van der Waals surface area contributed by atoms with Crippen molar-refractivity contribution >= 4 is 22.4 Å². The molecular formula is C26H33N7O3S. The molecule has 1 N–H and O–H groups in total. The zero-order valence-electron chi connectivity index (χ0n) is 21.1. The highest BCUT2D eigenvalue weighted by Gasteiger charge is 2.42. The van der Waals surface area contributed by atoms with Crippen molar-refractivity contribution in [2.75, 3.05) is 38.2 Å². The van der Waals surface area contributed by atoms with Gasteiger partial charge in [-0.1, -0.05) is 18.3 Å². The molecule has 1 aliphatic carbocycles. The van der Waals surface area contributed by atoms with E-state index in [1.165, 1.54) is 11.3 Å². The highest BCUT2D eigenvalue weighted by atomic mass is 32.1. The molecule has 1 saturated carbocycles. The van der Waals surface area contributed by atoms with Gasteiger partial charge in [0.1, 0.15) is 12.2 Å². The summed E-state index contributed by atoms with van der Waals surface area (Å²) < 4.78 is 17.6. The highest BCUT2D eigenvalue weighted by molar-refractivity contribution is 7.18. The molecule has 3 aromatic rings. The molecule has 11 heteroatoms. The van der Waals surface area contributed by atoms with E-state index in [4.69, 9.17) is 14.2 Å². The predicted molar refractivity (Wildman–Crippen MR) is 140 cm³/mol. The van der Waals surface area contributed by atoms with Gasteiger partial charge >= 0.3 is 6.01 Å². The van der Waals surface area contributed by atoms with Crippen LogP contribution in [-0.4, -0.2) is 74.9 Å². The largest absolute Gasteiger partial charge is 0.487 e. The third-order valence-electron chi connectivity index (χ3n) is 7.60.